The van der Waals surface area contributed by atoms with Crippen molar-refractivity contribution in [3.8, 4) is 0 Å². The van der Waals surface area contributed by atoms with E-state index in [9.17, 15) is 4.79 Å². The number of carbonyl (C=O) groups excluding carboxylic acids is 1. The lowest BCUT2D eigenvalue weighted by Crippen LogP contribution is -2.48. The normalized spacial score (nSPS) is 31.8. The molecule has 0 radical (unpaired) electrons. The van der Waals surface area contributed by atoms with Crippen molar-refractivity contribution in [1.29, 1.82) is 0 Å². The highest BCUT2D eigenvalue weighted by atomic mass is 16.5. The largest absolute Gasteiger partial charge is 0.373 e. The van der Waals surface area contributed by atoms with Crippen molar-refractivity contribution >= 4 is 5.91 Å². The molecule has 1 heterocycles. The molecule has 1 aliphatic rings. The highest BCUT2D eigenvalue weighted by Gasteiger charge is 2.22. The standard InChI is InChI=1S/C8H16N2O2/c1-6-3-10(5-8(9)11)4-7(2)12-6/h6-7H,3-5H2,1-2H3,(H2,9,11)/t6-,7-/m1/s1. The van der Waals surface area contributed by atoms with Crippen molar-refractivity contribution in [2.45, 2.75) is 26.1 Å². The maximum atomic E-state index is 10.6. The summed E-state index contributed by atoms with van der Waals surface area (Å²) >= 11 is 0. The lowest BCUT2D eigenvalue weighted by molar-refractivity contribution is -0.122. The number of nitrogens with two attached hydrogens (primary N) is 1. The van der Waals surface area contributed by atoms with Crippen molar-refractivity contribution in [3.05, 3.63) is 0 Å². The quantitative estimate of drug-likeness (QED) is 0.615. The second-order valence-corrected chi connectivity index (χ2v) is 3.42. The molecule has 0 unspecified atom stereocenters. The summed E-state index contributed by atoms with van der Waals surface area (Å²) in [6, 6.07) is 0. The molecule has 1 saturated heterocycles. The molecule has 0 aromatic carbocycles. The minimum atomic E-state index is -0.267. The Morgan fingerprint density at radius 3 is 2.42 bits per heavy atom. The lowest BCUT2D eigenvalue weighted by atomic mass is 10.2. The summed E-state index contributed by atoms with van der Waals surface area (Å²) < 4.78 is 5.50. The first-order valence-corrected chi connectivity index (χ1v) is 4.24. The van der Waals surface area contributed by atoms with Crippen LogP contribution >= 0.6 is 0 Å². The molecule has 2 N–H and O–H groups in total. The molecule has 0 aromatic rings. The maximum absolute atomic E-state index is 10.6. The Hall–Kier alpha value is -0.610. The third kappa shape index (κ3) is 2.79. The minimum absolute atomic E-state index is 0.202. The number of carbonyl (C=O) groups is 1. The summed E-state index contributed by atoms with van der Waals surface area (Å²) in [5, 5.41) is 0. The zero-order chi connectivity index (χ0) is 9.14. The Morgan fingerprint density at radius 2 is 2.00 bits per heavy atom. The summed E-state index contributed by atoms with van der Waals surface area (Å²) in [6.45, 7) is 5.95. The Kier molecular flexibility index (Phi) is 3.05. The van der Waals surface area contributed by atoms with Gasteiger partial charge < -0.3 is 10.5 Å². The molecule has 4 nitrogen and oxygen atoms in total. The van der Waals surface area contributed by atoms with Crippen molar-refractivity contribution in [2.24, 2.45) is 5.73 Å². The topological polar surface area (TPSA) is 55.6 Å². The number of nitrogens with zero attached hydrogens (tertiary/aromatic N) is 1. The number of amides is 1. The van der Waals surface area contributed by atoms with Gasteiger partial charge in [-0.1, -0.05) is 0 Å². The monoisotopic (exact) mass is 172 g/mol. The second kappa shape index (κ2) is 3.87. The minimum Gasteiger partial charge on any atom is -0.373 e. The van der Waals surface area contributed by atoms with Crippen LogP contribution in [-0.2, 0) is 9.53 Å². The van der Waals surface area contributed by atoms with Crippen LogP contribution in [0.3, 0.4) is 0 Å². The van der Waals surface area contributed by atoms with Crippen molar-refractivity contribution in [2.75, 3.05) is 19.6 Å². The van der Waals surface area contributed by atoms with Gasteiger partial charge >= 0.3 is 0 Å². The third-order valence-corrected chi connectivity index (χ3v) is 1.87. The van der Waals surface area contributed by atoms with Crippen LogP contribution in [0.4, 0.5) is 0 Å². The van der Waals surface area contributed by atoms with E-state index in [-0.39, 0.29) is 18.1 Å². The van der Waals surface area contributed by atoms with Crippen LogP contribution in [-0.4, -0.2) is 42.6 Å². The van der Waals surface area contributed by atoms with Crippen LogP contribution in [0.15, 0.2) is 0 Å². The van der Waals surface area contributed by atoms with Crippen LogP contribution in [0.2, 0.25) is 0 Å². The zero-order valence-corrected chi connectivity index (χ0v) is 7.62. The molecule has 1 fully saturated rings. The van der Waals surface area contributed by atoms with Crippen molar-refractivity contribution < 1.29 is 9.53 Å². The van der Waals surface area contributed by atoms with Gasteiger partial charge in [0.15, 0.2) is 0 Å². The molecule has 0 spiro atoms. The summed E-state index contributed by atoms with van der Waals surface area (Å²) in [4.78, 5) is 12.6. The molecular formula is C8H16N2O2. The maximum Gasteiger partial charge on any atom is 0.231 e. The number of hydrogen-bond acceptors (Lipinski definition) is 3. The smallest absolute Gasteiger partial charge is 0.231 e. The van der Waals surface area contributed by atoms with Gasteiger partial charge in [0.25, 0.3) is 0 Å². The fourth-order valence-electron chi connectivity index (χ4n) is 1.63. The third-order valence-electron chi connectivity index (χ3n) is 1.87. The van der Waals surface area contributed by atoms with Crippen LogP contribution in [0.1, 0.15) is 13.8 Å². The first-order valence-electron chi connectivity index (χ1n) is 4.24. The summed E-state index contributed by atoms with van der Waals surface area (Å²) in [5.74, 6) is -0.267. The summed E-state index contributed by atoms with van der Waals surface area (Å²) in [7, 11) is 0. The predicted octanol–water partition coefficient (Wildman–Crippen LogP) is -0.419. The molecule has 1 amide bonds. The highest BCUT2D eigenvalue weighted by Crippen LogP contribution is 2.09. The van der Waals surface area contributed by atoms with Gasteiger partial charge in [-0.25, -0.2) is 0 Å². The van der Waals surface area contributed by atoms with Crippen molar-refractivity contribution in [1.82, 2.24) is 4.90 Å². The lowest BCUT2D eigenvalue weighted by Gasteiger charge is -2.34. The van der Waals surface area contributed by atoms with Gasteiger partial charge in [-0.3, -0.25) is 9.69 Å². The molecule has 1 aliphatic heterocycles. The molecule has 12 heavy (non-hydrogen) atoms. The SMILES string of the molecule is C[C@@H]1CN(CC(N)=O)C[C@@H](C)O1. The van der Waals surface area contributed by atoms with Gasteiger partial charge in [-0.15, -0.1) is 0 Å². The molecule has 2 atom stereocenters. The van der Waals surface area contributed by atoms with E-state index < -0.39 is 0 Å². The summed E-state index contributed by atoms with van der Waals surface area (Å²) in [6.07, 6.45) is 0.404. The van der Waals surface area contributed by atoms with E-state index >= 15 is 0 Å². The fourth-order valence-corrected chi connectivity index (χ4v) is 1.63. The van der Waals surface area contributed by atoms with Gasteiger partial charge in [-0.05, 0) is 13.8 Å². The van der Waals surface area contributed by atoms with Gasteiger partial charge in [0.05, 0.1) is 18.8 Å². The number of morpholine rings is 1. The highest BCUT2D eigenvalue weighted by molar-refractivity contribution is 5.75. The molecule has 4 heteroatoms. The van der Waals surface area contributed by atoms with Crippen LogP contribution < -0.4 is 5.73 Å². The van der Waals surface area contributed by atoms with Crippen LogP contribution in [0.5, 0.6) is 0 Å². The van der Waals surface area contributed by atoms with E-state index in [1.54, 1.807) is 0 Å². The second-order valence-electron chi connectivity index (χ2n) is 3.42. The number of primary amides is 1. The molecule has 0 aliphatic carbocycles. The van der Waals surface area contributed by atoms with E-state index in [0.29, 0.717) is 6.54 Å². The Morgan fingerprint density at radius 1 is 1.50 bits per heavy atom. The number of rotatable bonds is 2. The fraction of sp³-hybridized carbons (Fsp3) is 0.875. The molecule has 0 aromatic heterocycles. The zero-order valence-electron chi connectivity index (χ0n) is 7.62. The van der Waals surface area contributed by atoms with Crippen LogP contribution in [0, 0.1) is 0 Å². The molecule has 0 saturated carbocycles. The first-order chi connectivity index (χ1) is 5.58. The van der Waals surface area contributed by atoms with Crippen molar-refractivity contribution in [3.63, 3.8) is 0 Å². The Bertz CT molecular complexity index is 162. The van der Waals surface area contributed by atoms with Gasteiger partial charge in [0.1, 0.15) is 0 Å². The Balaban J connectivity index is 2.38. The van der Waals surface area contributed by atoms with Crippen LogP contribution in [0.25, 0.3) is 0 Å². The van der Waals surface area contributed by atoms with Gasteiger partial charge in [0, 0.05) is 13.1 Å². The Labute approximate surface area is 72.7 Å². The summed E-state index contributed by atoms with van der Waals surface area (Å²) in [5.41, 5.74) is 5.09. The average molecular weight is 172 g/mol. The number of ether oxygens (including phenoxy) is 1. The van der Waals surface area contributed by atoms with Gasteiger partial charge in [-0.2, -0.15) is 0 Å². The average Bonchev–Trinajstić information content (AvgIpc) is 1.81. The van der Waals surface area contributed by atoms with E-state index in [1.165, 1.54) is 0 Å². The van der Waals surface area contributed by atoms with E-state index in [4.69, 9.17) is 10.5 Å². The van der Waals surface area contributed by atoms with E-state index in [2.05, 4.69) is 0 Å². The van der Waals surface area contributed by atoms with Gasteiger partial charge in [0.2, 0.25) is 5.91 Å². The molecule has 0 bridgehead atoms. The first kappa shape index (κ1) is 9.48. The van der Waals surface area contributed by atoms with E-state index in [0.717, 1.165) is 13.1 Å². The predicted molar refractivity (Wildman–Crippen MR) is 45.6 cm³/mol. The number of hydrogen-bond donors (Lipinski definition) is 1. The molecule has 1 rings (SSSR count). The van der Waals surface area contributed by atoms with E-state index in [1.807, 2.05) is 18.7 Å². The molecular weight excluding hydrogens is 156 g/mol. The molecule has 70 valence electrons.